The second-order valence-electron chi connectivity index (χ2n) is 7.91. The lowest BCUT2D eigenvalue weighted by Crippen LogP contribution is -2.59. The topological polar surface area (TPSA) is 79.8 Å². The van der Waals surface area contributed by atoms with Crippen LogP contribution in [-0.4, -0.2) is 84.1 Å². The zero-order valence-corrected chi connectivity index (χ0v) is 18.5. The van der Waals surface area contributed by atoms with Gasteiger partial charge in [-0.3, -0.25) is 0 Å². The van der Waals surface area contributed by atoms with Crippen LogP contribution in [0.4, 0.5) is 10.7 Å². The quantitative estimate of drug-likeness (QED) is 0.670. The molecule has 1 aromatic rings. The summed E-state index contributed by atoms with van der Waals surface area (Å²) in [6.07, 6.45) is 9.18. The maximum Gasteiger partial charge on any atom is 0.409 e. The number of nitrogens with zero attached hydrogens (tertiary/aromatic N) is 4. The van der Waals surface area contributed by atoms with E-state index >= 15 is 0 Å². The van der Waals surface area contributed by atoms with E-state index in [2.05, 4.69) is 33.4 Å². The number of carbonyl (C=O) groups is 1. The molecule has 1 aromatic heterocycles. The number of ether oxygens (including phenoxy) is 2. The van der Waals surface area contributed by atoms with Crippen LogP contribution in [0.15, 0.2) is 18.5 Å². The van der Waals surface area contributed by atoms with Crippen molar-refractivity contribution in [3.05, 3.63) is 18.5 Å². The Hall–Kier alpha value is -1.58. The van der Waals surface area contributed by atoms with Crippen molar-refractivity contribution in [2.75, 3.05) is 50.4 Å². The molecule has 0 radical (unpaired) electrons. The van der Waals surface area contributed by atoms with E-state index in [0.717, 1.165) is 50.6 Å². The SMILES string of the molecule is COC(=O)N1CCC[C@H](NCSC)[C@@H]1COC1(C)CCN(c2ncccn2)CC1. The number of anilines is 1. The lowest BCUT2D eigenvalue weighted by molar-refractivity contribution is -0.0783. The van der Waals surface area contributed by atoms with E-state index in [1.807, 2.05) is 11.0 Å². The number of amides is 1. The van der Waals surface area contributed by atoms with E-state index in [1.165, 1.54) is 7.11 Å². The molecule has 2 aliphatic rings. The van der Waals surface area contributed by atoms with Crippen LogP contribution in [0, 0.1) is 0 Å². The number of rotatable bonds is 7. The Bertz CT molecular complexity index is 642. The molecule has 3 heterocycles. The number of hydrogen-bond acceptors (Lipinski definition) is 8. The number of thioether (sulfide) groups is 1. The Morgan fingerprint density at radius 2 is 2.03 bits per heavy atom. The van der Waals surface area contributed by atoms with Crippen LogP contribution in [0.2, 0.25) is 0 Å². The molecule has 0 unspecified atom stereocenters. The van der Waals surface area contributed by atoms with Crippen LogP contribution in [-0.2, 0) is 9.47 Å². The van der Waals surface area contributed by atoms with Gasteiger partial charge < -0.3 is 24.6 Å². The fourth-order valence-corrected chi connectivity index (χ4v) is 4.48. The molecule has 0 bridgehead atoms. The highest BCUT2D eigenvalue weighted by Gasteiger charge is 2.38. The molecular weight excluding hydrogens is 390 g/mol. The third-order valence-electron chi connectivity index (χ3n) is 5.94. The first-order chi connectivity index (χ1) is 14.1. The minimum atomic E-state index is -0.268. The number of hydrogen-bond donors (Lipinski definition) is 1. The van der Waals surface area contributed by atoms with E-state index in [1.54, 1.807) is 24.2 Å². The molecule has 1 amide bonds. The van der Waals surface area contributed by atoms with Gasteiger partial charge in [0.1, 0.15) is 0 Å². The van der Waals surface area contributed by atoms with Gasteiger partial charge in [-0.25, -0.2) is 14.8 Å². The molecule has 3 rings (SSSR count). The maximum atomic E-state index is 12.3. The van der Waals surface area contributed by atoms with Gasteiger partial charge >= 0.3 is 6.09 Å². The Balaban J connectivity index is 1.59. The molecule has 2 fully saturated rings. The van der Waals surface area contributed by atoms with Crippen LogP contribution in [0.5, 0.6) is 0 Å². The molecule has 0 aliphatic carbocycles. The van der Waals surface area contributed by atoms with Gasteiger partial charge in [0.25, 0.3) is 0 Å². The van der Waals surface area contributed by atoms with Gasteiger partial charge in [0, 0.05) is 43.9 Å². The summed E-state index contributed by atoms with van der Waals surface area (Å²) in [7, 11) is 1.45. The Labute approximate surface area is 177 Å². The fraction of sp³-hybridized carbons (Fsp3) is 0.750. The predicted octanol–water partition coefficient (Wildman–Crippen LogP) is 2.36. The zero-order valence-electron chi connectivity index (χ0n) is 17.7. The van der Waals surface area contributed by atoms with Crippen molar-refractivity contribution in [1.29, 1.82) is 0 Å². The van der Waals surface area contributed by atoms with Gasteiger partial charge in [0.15, 0.2) is 0 Å². The van der Waals surface area contributed by atoms with Gasteiger partial charge in [0.05, 0.1) is 25.4 Å². The normalized spacial score (nSPS) is 24.4. The number of methoxy groups -OCH3 is 1. The first-order valence-corrected chi connectivity index (χ1v) is 11.7. The van der Waals surface area contributed by atoms with Crippen LogP contribution in [0.1, 0.15) is 32.6 Å². The van der Waals surface area contributed by atoms with Gasteiger partial charge in [-0.05, 0) is 44.9 Å². The summed E-state index contributed by atoms with van der Waals surface area (Å²) in [6, 6.07) is 2.03. The number of aromatic nitrogens is 2. The molecule has 29 heavy (non-hydrogen) atoms. The molecule has 2 atom stereocenters. The Kier molecular flexibility index (Phi) is 7.97. The number of carbonyl (C=O) groups excluding carboxylic acids is 1. The van der Waals surface area contributed by atoms with Crippen molar-refractivity contribution in [1.82, 2.24) is 20.2 Å². The summed E-state index contributed by atoms with van der Waals surface area (Å²) < 4.78 is 11.5. The largest absolute Gasteiger partial charge is 0.453 e. The maximum absolute atomic E-state index is 12.3. The zero-order chi connectivity index (χ0) is 20.7. The van der Waals surface area contributed by atoms with Crippen LogP contribution >= 0.6 is 11.8 Å². The molecule has 8 nitrogen and oxygen atoms in total. The molecule has 0 aromatic carbocycles. The standard InChI is InChI=1S/C20H33N5O3S/c1-20(7-12-24(13-8-20)18-21-9-5-10-22-18)28-14-17-16(23-15-29-3)6-4-11-25(17)19(26)27-2/h5,9-10,16-17,23H,4,6-8,11-15H2,1-3H3/t16-,17-/m0/s1. The van der Waals surface area contributed by atoms with Crippen molar-refractivity contribution in [3.8, 4) is 0 Å². The number of nitrogens with one attached hydrogen (secondary N) is 1. The van der Waals surface area contributed by atoms with E-state index in [4.69, 9.17) is 9.47 Å². The third-order valence-corrected chi connectivity index (χ3v) is 6.39. The van der Waals surface area contributed by atoms with E-state index < -0.39 is 0 Å². The second-order valence-corrected chi connectivity index (χ2v) is 8.78. The van der Waals surface area contributed by atoms with Crippen molar-refractivity contribution < 1.29 is 14.3 Å². The van der Waals surface area contributed by atoms with Gasteiger partial charge in [-0.2, -0.15) is 0 Å². The summed E-state index contributed by atoms with van der Waals surface area (Å²) in [6.45, 7) is 5.12. The highest BCUT2D eigenvalue weighted by atomic mass is 32.2. The van der Waals surface area contributed by atoms with Gasteiger partial charge in [-0.1, -0.05) is 0 Å². The number of likely N-dealkylation sites (tertiary alicyclic amines) is 1. The molecule has 0 saturated carbocycles. The highest BCUT2D eigenvalue weighted by molar-refractivity contribution is 7.98. The molecule has 2 aliphatic heterocycles. The van der Waals surface area contributed by atoms with E-state index in [-0.39, 0.29) is 23.8 Å². The molecule has 9 heteroatoms. The van der Waals surface area contributed by atoms with Crippen LogP contribution in [0.25, 0.3) is 0 Å². The monoisotopic (exact) mass is 423 g/mol. The average Bonchev–Trinajstić information content (AvgIpc) is 2.77. The first-order valence-electron chi connectivity index (χ1n) is 10.3. The van der Waals surface area contributed by atoms with Crippen LogP contribution in [0.3, 0.4) is 0 Å². The van der Waals surface area contributed by atoms with Crippen molar-refractivity contribution >= 4 is 23.8 Å². The Morgan fingerprint density at radius 1 is 1.31 bits per heavy atom. The molecule has 1 N–H and O–H groups in total. The second kappa shape index (κ2) is 10.4. The third kappa shape index (κ3) is 5.73. The summed E-state index contributed by atoms with van der Waals surface area (Å²) in [5, 5.41) is 3.57. The summed E-state index contributed by atoms with van der Waals surface area (Å²) in [5.74, 6) is 1.64. The molecule has 162 valence electrons. The summed E-state index contributed by atoms with van der Waals surface area (Å²) in [5.41, 5.74) is -0.214. The van der Waals surface area contributed by atoms with E-state index in [9.17, 15) is 4.79 Å². The minimum Gasteiger partial charge on any atom is -0.453 e. The lowest BCUT2D eigenvalue weighted by atomic mass is 9.92. The highest BCUT2D eigenvalue weighted by Crippen LogP contribution is 2.29. The molecular formula is C20H33N5O3S. The van der Waals surface area contributed by atoms with Gasteiger partial charge in [0.2, 0.25) is 5.95 Å². The predicted molar refractivity (Wildman–Crippen MR) is 115 cm³/mol. The molecule has 2 saturated heterocycles. The lowest BCUT2D eigenvalue weighted by Gasteiger charge is -2.44. The average molecular weight is 424 g/mol. The van der Waals surface area contributed by atoms with Crippen molar-refractivity contribution in [3.63, 3.8) is 0 Å². The fourth-order valence-electron chi connectivity index (χ4n) is 4.10. The smallest absolute Gasteiger partial charge is 0.409 e. The van der Waals surface area contributed by atoms with Crippen molar-refractivity contribution in [2.45, 2.75) is 50.3 Å². The van der Waals surface area contributed by atoms with E-state index in [0.29, 0.717) is 13.2 Å². The summed E-state index contributed by atoms with van der Waals surface area (Å²) in [4.78, 5) is 25.1. The van der Waals surface area contributed by atoms with Crippen LogP contribution < -0.4 is 10.2 Å². The molecule has 0 spiro atoms. The summed E-state index contributed by atoms with van der Waals surface area (Å²) >= 11 is 1.75. The Morgan fingerprint density at radius 3 is 2.69 bits per heavy atom. The number of piperidine rings is 2. The first kappa shape index (κ1) is 22.1. The minimum absolute atomic E-state index is 0.0179. The van der Waals surface area contributed by atoms with Gasteiger partial charge in [-0.15, -0.1) is 11.8 Å². The van der Waals surface area contributed by atoms with Crippen molar-refractivity contribution in [2.24, 2.45) is 0 Å².